The summed E-state index contributed by atoms with van der Waals surface area (Å²) in [6.45, 7) is 4.70. The van der Waals surface area contributed by atoms with E-state index in [0.29, 0.717) is 0 Å². The Morgan fingerprint density at radius 2 is 0.769 bits per heavy atom. The van der Waals surface area contributed by atoms with Crippen LogP contribution in [0.4, 0.5) is 17.1 Å². The lowest BCUT2D eigenvalue weighted by Gasteiger charge is -2.28. The number of para-hydroxylation sites is 3. The fourth-order valence-electron chi connectivity index (χ4n) is 12.5. The molecule has 2 heterocycles. The molecule has 14 aromatic rings. The molecular weight excluding hydrogens is 945 g/mol. The lowest BCUT2D eigenvalue weighted by molar-refractivity contribution is 0.660. The van der Waals surface area contributed by atoms with Crippen LogP contribution in [0.15, 0.2) is 283 Å². The molecule has 0 spiro atoms. The molecule has 1 aliphatic rings. The van der Waals surface area contributed by atoms with Gasteiger partial charge >= 0.3 is 0 Å². The zero-order valence-corrected chi connectivity index (χ0v) is 43.4. The number of hydrogen-bond donors (Lipinski definition) is 0. The Labute approximate surface area is 454 Å². The smallest absolute Gasteiger partial charge is 0.143 e. The second-order valence-electron chi connectivity index (χ2n) is 21.2. The average Bonchev–Trinajstić information content (AvgIpc) is 4.15. The van der Waals surface area contributed by atoms with E-state index in [9.17, 15) is 0 Å². The third kappa shape index (κ3) is 7.42. The SMILES string of the molecule is CC1(C)c2ccccc2-c2ccc(N(c3ccc(-c4ccc(-c5ccccc5-n5c6ccc(-c7ccccc7)cc6c6cc(-c7ccccc7)ccc65)cc4)cc3)c3ccc(-c4cccc5c4oc4ccccc45)cc3)cc21. The van der Waals surface area contributed by atoms with Crippen LogP contribution in [0.25, 0.3) is 116 Å². The summed E-state index contributed by atoms with van der Waals surface area (Å²) >= 11 is 0. The van der Waals surface area contributed by atoms with Gasteiger partial charge in [-0.25, -0.2) is 0 Å². The van der Waals surface area contributed by atoms with Crippen molar-refractivity contribution in [1.29, 1.82) is 0 Å². The van der Waals surface area contributed by atoms with E-state index in [0.717, 1.165) is 72.5 Å². The normalized spacial score (nSPS) is 12.6. The Balaban J connectivity index is 0.788. The number of nitrogens with zero attached hydrogens (tertiary/aromatic N) is 2. The summed E-state index contributed by atoms with van der Waals surface area (Å²) in [5.74, 6) is 0. The fourth-order valence-corrected chi connectivity index (χ4v) is 12.5. The number of fused-ring (bicyclic) bond motifs is 9. The number of furan rings is 1. The first kappa shape index (κ1) is 45.4. The van der Waals surface area contributed by atoms with E-state index in [-0.39, 0.29) is 5.41 Å². The van der Waals surface area contributed by atoms with E-state index >= 15 is 0 Å². The highest BCUT2D eigenvalue weighted by molar-refractivity contribution is 6.12. The lowest BCUT2D eigenvalue weighted by atomic mass is 9.82. The molecule has 0 fully saturated rings. The van der Waals surface area contributed by atoms with E-state index in [1.54, 1.807) is 0 Å². The summed E-state index contributed by atoms with van der Waals surface area (Å²) in [4.78, 5) is 2.40. The Hall–Kier alpha value is -9.96. The highest BCUT2D eigenvalue weighted by Gasteiger charge is 2.36. The molecule has 0 bridgehead atoms. The zero-order chi connectivity index (χ0) is 51.9. The third-order valence-electron chi connectivity index (χ3n) is 16.4. The van der Waals surface area contributed by atoms with Crippen molar-refractivity contribution in [2.45, 2.75) is 19.3 Å². The van der Waals surface area contributed by atoms with E-state index in [2.05, 4.69) is 290 Å². The summed E-state index contributed by atoms with van der Waals surface area (Å²) < 4.78 is 8.94. The van der Waals surface area contributed by atoms with Crippen LogP contribution in [0.5, 0.6) is 0 Å². The van der Waals surface area contributed by atoms with Crippen molar-refractivity contribution in [2.75, 3.05) is 4.90 Å². The molecule has 0 atom stereocenters. The summed E-state index contributed by atoms with van der Waals surface area (Å²) in [7, 11) is 0. The minimum Gasteiger partial charge on any atom is -0.455 e. The molecule has 0 amide bonds. The van der Waals surface area contributed by atoms with Crippen LogP contribution >= 0.6 is 0 Å². The molecule has 78 heavy (non-hydrogen) atoms. The second kappa shape index (κ2) is 18.1. The second-order valence-corrected chi connectivity index (χ2v) is 21.2. The highest BCUT2D eigenvalue weighted by atomic mass is 16.3. The molecule has 3 heteroatoms. The van der Waals surface area contributed by atoms with Crippen LogP contribution in [-0.2, 0) is 5.41 Å². The molecule has 1 aliphatic carbocycles. The van der Waals surface area contributed by atoms with Gasteiger partial charge in [0, 0.05) is 55.1 Å². The first-order chi connectivity index (χ1) is 38.4. The van der Waals surface area contributed by atoms with Gasteiger partial charge in [-0.3, -0.25) is 0 Å². The molecule has 0 N–H and O–H groups in total. The van der Waals surface area contributed by atoms with Gasteiger partial charge in [0.05, 0.1) is 16.7 Å². The minimum atomic E-state index is -0.137. The molecule has 0 unspecified atom stereocenters. The summed E-state index contributed by atoms with van der Waals surface area (Å²) in [6.07, 6.45) is 0. The molecule has 12 aromatic carbocycles. The Morgan fingerprint density at radius 1 is 0.308 bits per heavy atom. The fraction of sp³-hybridized carbons (Fsp3) is 0.0400. The monoisotopic (exact) mass is 996 g/mol. The topological polar surface area (TPSA) is 21.3 Å². The van der Waals surface area contributed by atoms with Crippen LogP contribution in [-0.4, -0.2) is 4.57 Å². The van der Waals surface area contributed by atoms with Crippen molar-refractivity contribution in [3.8, 4) is 72.4 Å². The molecule has 15 rings (SSSR count). The third-order valence-corrected chi connectivity index (χ3v) is 16.4. The van der Waals surface area contributed by atoms with E-state index in [1.807, 2.05) is 12.1 Å². The first-order valence-electron chi connectivity index (χ1n) is 27.0. The number of aromatic nitrogens is 1. The predicted molar refractivity (Wildman–Crippen MR) is 327 cm³/mol. The summed E-state index contributed by atoms with van der Waals surface area (Å²) in [5.41, 5.74) is 25.5. The van der Waals surface area contributed by atoms with Gasteiger partial charge in [0.15, 0.2) is 0 Å². The van der Waals surface area contributed by atoms with Gasteiger partial charge in [0.2, 0.25) is 0 Å². The summed E-state index contributed by atoms with van der Waals surface area (Å²) in [6, 6.07) is 102. The first-order valence-corrected chi connectivity index (χ1v) is 27.0. The largest absolute Gasteiger partial charge is 0.455 e. The van der Waals surface area contributed by atoms with Crippen LogP contribution < -0.4 is 4.90 Å². The van der Waals surface area contributed by atoms with E-state index in [1.165, 1.54) is 71.9 Å². The highest BCUT2D eigenvalue weighted by Crippen LogP contribution is 2.51. The minimum absolute atomic E-state index is 0.137. The average molecular weight is 997 g/mol. The van der Waals surface area contributed by atoms with Gasteiger partial charge in [-0.05, 0) is 140 Å². The van der Waals surface area contributed by atoms with Gasteiger partial charge in [-0.15, -0.1) is 0 Å². The van der Waals surface area contributed by atoms with Gasteiger partial charge in [0.1, 0.15) is 11.2 Å². The molecule has 368 valence electrons. The van der Waals surface area contributed by atoms with Crippen molar-refractivity contribution in [2.24, 2.45) is 0 Å². The van der Waals surface area contributed by atoms with Crippen LogP contribution in [0, 0.1) is 0 Å². The summed E-state index contributed by atoms with van der Waals surface area (Å²) in [5, 5.41) is 4.73. The van der Waals surface area contributed by atoms with Crippen molar-refractivity contribution in [1.82, 2.24) is 4.57 Å². The van der Waals surface area contributed by atoms with E-state index < -0.39 is 0 Å². The Bertz CT molecular complexity index is 4510. The van der Waals surface area contributed by atoms with Crippen molar-refractivity contribution >= 4 is 60.8 Å². The van der Waals surface area contributed by atoms with Crippen molar-refractivity contribution < 1.29 is 4.42 Å². The Kier molecular flexibility index (Phi) is 10.6. The van der Waals surface area contributed by atoms with Gasteiger partial charge in [-0.2, -0.15) is 0 Å². The maximum absolute atomic E-state index is 6.49. The maximum Gasteiger partial charge on any atom is 0.143 e. The van der Waals surface area contributed by atoms with Crippen LogP contribution in [0.1, 0.15) is 25.0 Å². The van der Waals surface area contributed by atoms with Crippen LogP contribution in [0.2, 0.25) is 0 Å². The lowest BCUT2D eigenvalue weighted by Crippen LogP contribution is -2.16. The molecule has 2 aromatic heterocycles. The van der Waals surface area contributed by atoms with E-state index in [4.69, 9.17) is 4.42 Å². The molecule has 0 saturated heterocycles. The zero-order valence-electron chi connectivity index (χ0n) is 43.4. The number of hydrogen-bond acceptors (Lipinski definition) is 2. The molecular formula is C75H52N2O. The number of anilines is 3. The Morgan fingerprint density at radius 3 is 1.44 bits per heavy atom. The van der Waals surface area contributed by atoms with Gasteiger partial charge in [0.25, 0.3) is 0 Å². The number of benzene rings is 12. The number of rotatable bonds is 9. The predicted octanol–water partition coefficient (Wildman–Crippen LogP) is 20.8. The molecule has 0 radical (unpaired) electrons. The van der Waals surface area contributed by atoms with Crippen LogP contribution in [0.3, 0.4) is 0 Å². The van der Waals surface area contributed by atoms with Crippen molar-refractivity contribution in [3.05, 3.63) is 290 Å². The maximum atomic E-state index is 6.49. The quantitative estimate of drug-likeness (QED) is 0.144. The van der Waals surface area contributed by atoms with Gasteiger partial charge < -0.3 is 13.9 Å². The standard InChI is InChI=1S/C75H52N2O/c1-75(2)68-25-12-9-21-62(68)63-43-42-59(48-69(63)75)76(58-40-34-54(35-41-58)61-23-15-24-65-64-22-11-14-27-73(64)78-74(61)65)57-38-32-52(33-39-57)51-28-30-53(31-29-51)60-20-10-13-26-70(60)77-71-44-36-55(49-16-5-3-6-17-49)46-66(71)67-47-56(37-45-72(67)77)50-18-7-4-8-19-50/h3-48H,1-2H3. The molecule has 3 nitrogen and oxygen atoms in total. The molecule has 0 aliphatic heterocycles. The van der Waals surface area contributed by atoms with Crippen molar-refractivity contribution in [3.63, 3.8) is 0 Å². The van der Waals surface area contributed by atoms with Gasteiger partial charge in [-0.1, -0.05) is 220 Å². The molecule has 0 saturated carbocycles.